The van der Waals surface area contributed by atoms with E-state index in [0.29, 0.717) is 22.4 Å². The maximum atomic E-state index is 8.85. The van der Waals surface area contributed by atoms with Crippen molar-refractivity contribution in [2.24, 2.45) is 0 Å². The van der Waals surface area contributed by atoms with Crippen LogP contribution in [0.4, 0.5) is 11.5 Å². The van der Waals surface area contributed by atoms with Crippen molar-refractivity contribution in [1.82, 2.24) is 9.97 Å². The first-order valence-electron chi connectivity index (χ1n) is 6.00. The zero-order chi connectivity index (χ0) is 14.7. The van der Waals surface area contributed by atoms with E-state index in [0.717, 1.165) is 10.2 Å². The highest BCUT2D eigenvalue weighted by Gasteiger charge is 2.08. The summed E-state index contributed by atoms with van der Waals surface area (Å²) in [6.45, 7) is 4.01. The van der Waals surface area contributed by atoms with E-state index in [-0.39, 0.29) is 5.92 Å². The van der Waals surface area contributed by atoms with Crippen LogP contribution in [0, 0.1) is 11.3 Å². The van der Waals surface area contributed by atoms with Crippen LogP contribution >= 0.6 is 27.5 Å². The van der Waals surface area contributed by atoms with Gasteiger partial charge < -0.3 is 5.32 Å². The molecule has 0 radical (unpaired) electrons. The highest BCUT2D eigenvalue weighted by molar-refractivity contribution is 9.10. The first-order chi connectivity index (χ1) is 9.49. The van der Waals surface area contributed by atoms with Gasteiger partial charge in [-0.05, 0) is 34.1 Å². The lowest BCUT2D eigenvalue weighted by molar-refractivity contribution is 0.776. The fraction of sp³-hybridized carbons (Fsp3) is 0.214. The van der Waals surface area contributed by atoms with Gasteiger partial charge in [0.15, 0.2) is 0 Å². The predicted molar refractivity (Wildman–Crippen MR) is 83.3 cm³/mol. The van der Waals surface area contributed by atoms with Gasteiger partial charge in [-0.3, -0.25) is 0 Å². The Balaban J connectivity index is 2.33. The van der Waals surface area contributed by atoms with Crippen molar-refractivity contribution in [3.8, 4) is 6.07 Å². The van der Waals surface area contributed by atoms with E-state index in [2.05, 4.69) is 37.3 Å². The molecule has 1 aromatic carbocycles. The molecule has 0 fully saturated rings. The summed E-state index contributed by atoms with van der Waals surface area (Å²) in [4.78, 5) is 8.60. The summed E-state index contributed by atoms with van der Waals surface area (Å²) >= 11 is 9.42. The van der Waals surface area contributed by atoms with Gasteiger partial charge in [0.1, 0.15) is 16.8 Å². The molecule has 0 aliphatic rings. The number of rotatable bonds is 3. The average Bonchev–Trinajstić information content (AvgIpc) is 2.40. The Kier molecular flexibility index (Phi) is 4.58. The second kappa shape index (κ2) is 6.21. The molecule has 0 unspecified atom stereocenters. The molecule has 0 aliphatic heterocycles. The van der Waals surface area contributed by atoms with Gasteiger partial charge >= 0.3 is 0 Å². The van der Waals surface area contributed by atoms with Crippen LogP contribution in [-0.4, -0.2) is 9.97 Å². The summed E-state index contributed by atoms with van der Waals surface area (Å²) in [6.07, 6.45) is 0. The minimum absolute atomic E-state index is 0.193. The first kappa shape index (κ1) is 14.8. The lowest BCUT2D eigenvalue weighted by atomic mass is 10.2. The van der Waals surface area contributed by atoms with Crippen LogP contribution in [0.5, 0.6) is 0 Å². The molecule has 0 saturated heterocycles. The van der Waals surface area contributed by atoms with Gasteiger partial charge in [-0.1, -0.05) is 25.4 Å². The van der Waals surface area contributed by atoms with Crippen LogP contribution in [0.25, 0.3) is 0 Å². The summed E-state index contributed by atoms with van der Waals surface area (Å²) < 4.78 is 0.789. The molecule has 0 bridgehead atoms. The van der Waals surface area contributed by atoms with E-state index >= 15 is 0 Å². The molecular weight excluding hydrogens is 340 g/mol. The number of nitrogens with one attached hydrogen (secondary N) is 1. The normalized spacial score (nSPS) is 10.4. The molecule has 0 saturated carbocycles. The van der Waals surface area contributed by atoms with Crippen LogP contribution < -0.4 is 5.32 Å². The van der Waals surface area contributed by atoms with Gasteiger partial charge in [-0.15, -0.1) is 0 Å². The van der Waals surface area contributed by atoms with E-state index < -0.39 is 0 Å². The summed E-state index contributed by atoms with van der Waals surface area (Å²) in [7, 11) is 0. The molecule has 0 aliphatic carbocycles. The number of anilines is 2. The van der Waals surface area contributed by atoms with Gasteiger partial charge in [0, 0.05) is 16.5 Å². The quantitative estimate of drug-likeness (QED) is 0.819. The number of aromatic nitrogens is 2. The minimum atomic E-state index is 0.193. The second-order valence-electron chi connectivity index (χ2n) is 4.52. The van der Waals surface area contributed by atoms with Crippen LogP contribution in [0.2, 0.25) is 5.15 Å². The van der Waals surface area contributed by atoms with E-state index in [9.17, 15) is 0 Å². The first-order valence-corrected chi connectivity index (χ1v) is 7.18. The van der Waals surface area contributed by atoms with Crippen molar-refractivity contribution in [2.75, 3.05) is 5.32 Å². The summed E-state index contributed by atoms with van der Waals surface area (Å²) in [5.74, 6) is 1.50. The number of halogens is 2. The number of nitrogens with zero attached hydrogens (tertiary/aromatic N) is 3. The molecule has 1 heterocycles. The Bertz CT molecular complexity index is 679. The van der Waals surface area contributed by atoms with Crippen molar-refractivity contribution in [1.29, 1.82) is 5.26 Å². The maximum absolute atomic E-state index is 8.85. The molecule has 1 N–H and O–H groups in total. The van der Waals surface area contributed by atoms with Crippen LogP contribution in [0.3, 0.4) is 0 Å². The smallest absolute Gasteiger partial charge is 0.135 e. The number of hydrogen-bond donors (Lipinski definition) is 1. The van der Waals surface area contributed by atoms with Crippen molar-refractivity contribution < 1.29 is 0 Å². The number of hydrogen-bond acceptors (Lipinski definition) is 4. The third-order valence-electron chi connectivity index (χ3n) is 2.59. The summed E-state index contributed by atoms with van der Waals surface area (Å²) in [5, 5.41) is 12.4. The topological polar surface area (TPSA) is 61.6 Å². The molecule has 102 valence electrons. The average molecular weight is 352 g/mol. The molecule has 0 atom stereocenters. The molecule has 4 nitrogen and oxygen atoms in total. The zero-order valence-electron chi connectivity index (χ0n) is 11.0. The fourth-order valence-electron chi connectivity index (χ4n) is 1.58. The van der Waals surface area contributed by atoms with Crippen molar-refractivity contribution >= 4 is 39.0 Å². The minimum Gasteiger partial charge on any atom is -0.339 e. The predicted octanol–water partition coefficient (Wildman–Crippen LogP) is 4.63. The van der Waals surface area contributed by atoms with E-state index in [1.807, 2.05) is 19.9 Å². The van der Waals surface area contributed by atoms with Crippen LogP contribution in [-0.2, 0) is 0 Å². The van der Waals surface area contributed by atoms with Crippen LogP contribution in [0.15, 0.2) is 28.7 Å². The van der Waals surface area contributed by atoms with Crippen molar-refractivity contribution in [3.05, 3.63) is 45.3 Å². The maximum Gasteiger partial charge on any atom is 0.135 e. The Hall–Kier alpha value is -1.64. The molecule has 20 heavy (non-hydrogen) atoms. The Labute approximate surface area is 131 Å². The molecule has 2 rings (SSSR count). The van der Waals surface area contributed by atoms with Gasteiger partial charge in [0.05, 0.1) is 17.3 Å². The van der Waals surface area contributed by atoms with E-state index in [1.165, 1.54) is 0 Å². The van der Waals surface area contributed by atoms with Gasteiger partial charge in [0.25, 0.3) is 0 Å². The standard InChI is InChI=1S/C14H12BrClN4/c1-8(2)14-19-12(16)6-13(20-14)18-11-4-3-9(7-17)5-10(11)15/h3-6,8H,1-2H3,(H,18,19,20). The summed E-state index contributed by atoms with van der Waals surface area (Å²) in [5.41, 5.74) is 1.40. The van der Waals surface area contributed by atoms with Gasteiger partial charge in [0.2, 0.25) is 0 Å². The van der Waals surface area contributed by atoms with Crippen molar-refractivity contribution in [2.45, 2.75) is 19.8 Å². The van der Waals surface area contributed by atoms with Gasteiger partial charge in [-0.2, -0.15) is 5.26 Å². The molecule has 0 amide bonds. The highest BCUT2D eigenvalue weighted by atomic mass is 79.9. The molecular formula is C14H12BrClN4. The SMILES string of the molecule is CC(C)c1nc(Cl)cc(Nc2ccc(C#N)cc2Br)n1. The molecule has 1 aromatic heterocycles. The lowest BCUT2D eigenvalue weighted by Crippen LogP contribution is -2.02. The fourth-order valence-corrected chi connectivity index (χ4v) is 2.25. The third kappa shape index (κ3) is 3.47. The Morgan fingerprint density at radius 3 is 2.65 bits per heavy atom. The summed E-state index contributed by atoms with van der Waals surface area (Å²) in [6, 6.07) is 9.05. The lowest BCUT2D eigenvalue weighted by Gasteiger charge is -2.11. The third-order valence-corrected chi connectivity index (χ3v) is 3.44. The molecule has 0 spiro atoms. The zero-order valence-corrected chi connectivity index (χ0v) is 13.3. The largest absolute Gasteiger partial charge is 0.339 e. The molecule has 6 heteroatoms. The van der Waals surface area contributed by atoms with Gasteiger partial charge in [-0.25, -0.2) is 9.97 Å². The Morgan fingerprint density at radius 2 is 2.05 bits per heavy atom. The molecule has 2 aromatic rings. The monoisotopic (exact) mass is 350 g/mol. The van der Waals surface area contributed by atoms with Crippen LogP contribution in [0.1, 0.15) is 31.2 Å². The Morgan fingerprint density at radius 1 is 1.30 bits per heavy atom. The van der Waals surface area contributed by atoms with Crippen molar-refractivity contribution in [3.63, 3.8) is 0 Å². The number of benzene rings is 1. The highest BCUT2D eigenvalue weighted by Crippen LogP contribution is 2.27. The second-order valence-corrected chi connectivity index (χ2v) is 5.76. The van der Waals surface area contributed by atoms with E-state index in [4.69, 9.17) is 16.9 Å². The van der Waals surface area contributed by atoms with E-state index in [1.54, 1.807) is 18.2 Å². The number of nitriles is 1.